The number of nitrogens with one attached hydrogen (secondary N) is 1. The number of hydrogen-bond donors (Lipinski definition) is 1. The number of nitrogens with zero attached hydrogens (tertiary/aromatic N) is 3. The molecule has 1 N–H and O–H groups in total. The zero-order valence-electron chi connectivity index (χ0n) is 13.9. The van der Waals surface area contributed by atoms with E-state index in [-0.39, 0.29) is 11.7 Å². The highest BCUT2D eigenvalue weighted by molar-refractivity contribution is 8.15. The number of hydrogen-bond acceptors (Lipinski definition) is 4. The molecule has 0 radical (unpaired) electrons. The van der Waals surface area contributed by atoms with Gasteiger partial charge in [-0.3, -0.25) is 15.1 Å². The topological polar surface area (TPSA) is 59.8 Å². The summed E-state index contributed by atoms with van der Waals surface area (Å²) in [4.78, 5) is 21.4. The number of amidine groups is 2. The third-order valence-corrected chi connectivity index (χ3v) is 5.15. The SMILES string of the molecule is CN(C)c1ccc(/C=C2/C(=N)N3C(=NC2=O)Sc2ccccc23)cc1. The van der Waals surface area contributed by atoms with Crippen LogP contribution in [-0.4, -0.2) is 31.0 Å². The van der Waals surface area contributed by atoms with Gasteiger partial charge in [-0.2, -0.15) is 4.99 Å². The second-order valence-corrected chi connectivity index (χ2v) is 7.01. The first-order chi connectivity index (χ1) is 12.0. The molecular formula is C19H16N4OS. The molecule has 0 saturated heterocycles. The van der Waals surface area contributed by atoms with Crippen molar-refractivity contribution in [1.82, 2.24) is 0 Å². The van der Waals surface area contributed by atoms with Crippen molar-refractivity contribution in [3.05, 3.63) is 59.7 Å². The molecule has 2 aliphatic rings. The zero-order chi connectivity index (χ0) is 17.6. The third-order valence-electron chi connectivity index (χ3n) is 4.13. The molecule has 0 bridgehead atoms. The first kappa shape index (κ1) is 15.7. The van der Waals surface area contributed by atoms with Gasteiger partial charge in [-0.15, -0.1) is 0 Å². The fraction of sp³-hybridized carbons (Fsp3) is 0.105. The first-order valence-corrected chi connectivity index (χ1v) is 8.64. The number of anilines is 2. The van der Waals surface area contributed by atoms with E-state index in [4.69, 9.17) is 5.41 Å². The molecule has 2 aromatic carbocycles. The molecule has 0 unspecified atom stereocenters. The lowest BCUT2D eigenvalue weighted by Crippen LogP contribution is -2.39. The van der Waals surface area contributed by atoms with Gasteiger partial charge in [-0.25, -0.2) is 0 Å². The molecule has 5 nitrogen and oxygen atoms in total. The number of fused-ring (bicyclic) bond motifs is 3. The number of benzene rings is 2. The predicted molar refractivity (Wildman–Crippen MR) is 104 cm³/mol. The maximum absolute atomic E-state index is 12.4. The van der Waals surface area contributed by atoms with Crippen LogP contribution in [0.1, 0.15) is 5.56 Å². The van der Waals surface area contributed by atoms with Crippen molar-refractivity contribution >= 4 is 46.1 Å². The number of carbonyl (C=O) groups excluding carboxylic acids is 1. The Hall–Kier alpha value is -2.86. The van der Waals surface area contributed by atoms with Crippen LogP contribution in [0.15, 0.2) is 64.0 Å². The van der Waals surface area contributed by atoms with Gasteiger partial charge in [0.15, 0.2) is 5.17 Å². The molecule has 1 amide bonds. The summed E-state index contributed by atoms with van der Waals surface area (Å²) >= 11 is 1.42. The summed E-state index contributed by atoms with van der Waals surface area (Å²) in [6, 6.07) is 15.6. The van der Waals surface area contributed by atoms with Crippen molar-refractivity contribution in [3.8, 4) is 0 Å². The van der Waals surface area contributed by atoms with Gasteiger partial charge in [0.2, 0.25) is 0 Å². The minimum Gasteiger partial charge on any atom is -0.378 e. The van der Waals surface area contributed by atoms with Gasteiger partial charge in [-0.05, 0) is 47.7 Å². The molecule has 124 valence electrons. The molecule has 25 heavy (non-hydrogen) atoms. The van der Waals surface area contributed by atoms with Crippen molar-refractivity contribution in [1.29, 1.82) is 5.41 Å². The number of aliphatic imine (C=N–C) groups is 1. The van der Waals surface area contributed by atoms with Gasteiger partial charge in [0, 0.05) is 24.7 Å². The number of thioether (sulfide) groups is 1. The van der Waals surface area contributed by atoms with E-state index in [9.17, 15) is 4.79 Å². The van der Waals surface area contributed by atoms with Crippen LogP contribution < -0.4 is 9.80 Å². The summed E-state index contributed by atoms with van der Waals surface area (Å²) < 4.78 is 0. The Balaban J connectivity index is 1.72. The van der Waals surface area contributed by atoms with Crippen LogP contribution in [-0.2, 0) is 4.79 Å². The molecule has 0 spiro atoms. The highest BCUT2D eigenvalue weighted by Crippen LogP contribution is 2.42. The maximum atomic E-state index is 12.4. The van der Waals surface area contributed by atoms with Crippen LogP contribution in [0.2, 0.25) is 0 Å². The van der Waals surface area contributed by atoms with E-state index < -0.39 is 0 Å². The second-order valence-electron chi connectivity index (χ2n) is 6.00. The van der Waals surface area contributed by atoms with Gasteiger partial charge in [0.1, 0.15) is 5.84 Å². The lowest BCUT2D eigenvalue weighted by molar-refractivity contribution is -0.113. The van der Waals surface area contributed by atoms with Crippen LogP contribution in [0.3, 0.4) is 0 Å². The zero-order valence-corrected chi connectivity index (χ0v) is 14.7. The molecular weight excluding hydrogens is 332 g/mol. The van der Waals surface area contributed by atoms with Crippen molar-refractivity contribution in [2.24, 2.45) is 4.99 Å². The number of amides is 1. The molecule has 6 heteroatoms. The standard InChI is InChI=1S/C19H16N4OS/c1-22(2)13-9-7-12(8-10-13)11-14-17(20)23-15-5-3-4-6-16(15)25-19(23)21-18(14)24/h3-11,20H,1-2H3/b14-11-,20-17?. The maximum Gasteiger partial charge on any atom is 0.283 e. The van der Waals surface area contributed by atoms with Crippen molar-refractivity contribution < 1.29 is 4.79 Å². The van der Waals surface area contributed by atoms with Crippen molar-refractivity contribution in [2.45, 2.75) is 4.90 Å². The molecule has 0 atom stereocenters. The van der Waals surface area contributed by atoms with Crippen LogP contribution in [0.25, 0.3) is 6.08 Å². The Morgan fingerprint density at radius 2 is 1.84 bits per heavy atom. The highest BCUT2D eigenvalue weighted by Gasteiger charge is 2.37. The number of rotatable bonds is 2. The summed E-state index contributed by atoms with van der Waals surface area (Å²) in [6.07, 6.45) is 1.73. The van der Waals surface area contributed by atoms with Crippen LogP contribution in [0, 0.1) is 5.41 Å². The van der Waals surface area contributed by atoms with Crippen molar-refractivity contribution in [2.75, 3.05) is 23.9 Å². The van der Waals surface area contributed by atoms with E-state index in [2.05, 4.69) is 4.99 Å². The quantitative estimate of drug-likeness (QED) is 0.842. The smallest absolute Gasteiger partial charge is 0.283 e. The molecule has 2 heterocycles. The van der Waals surface area contributed by atoms with Gasteiger partial charge in [0.05, 0.1) is 11.3 Å². The molecule has 0 fully saturated rings. The van der Waals surface area contributed by atoms with Gasteiger partial charge in [-0.1, -0.05) is 24.3 Å². The Bertz CT molecular complexity index is 944. The Morgan fingerprint density at radius 3 is 2.56 bits per heavy atom. The van der Waals surface area contributed by atoms with Crippen LogP contribution in [0.5, 0.6) is 0 Å². The van der Waals surface area contributed by atoms with E-state index in [1.54, 1.807) is 11.0 Å². The summed E-state index contributed by atoms with van der Waals surface area (Å²) in [5, 5.41) is 9.08. The Morgan fingerprint density at radius 1 is 1.12 bits per heavy atom. The number of para-hydroxylation sites is 1. The lowest BCUT2D eigenvalue weighted by Gasteiger charge is -2.24. The van der Waals surface area contributed by atoms with E-state index >= 15 is 0 Å². The summed E-state index contributed by atoms with van der Waals surface area (Å²) in [6.45, 7) is 0. The number of carbonyl (C=O) groups is 1. The predicted octanol–water partition coefficient (Wildman–Crippen LogP) is 3.62. The first-order valence-electron chi connectivity index (χ1n) is 7.82. The molecule has 0 saturated carbocycles. The lowest BCUT2D eigenvalue weighted by atomic mass is 10.1. The van der Waals surface area contributed by atoms with Gasteiger partial charge >= 0.3 is 0 Å². The molecule has 0 aromatic heterocycles. The average Bonchev–Trinajstić information content (AvgIpc) is 2.97. The summed E-state index contributed by atoms with van der Waals surface area (Å²) in [7, 11) is 3.96. The third kappa shape index (κ3) is 2.64. The fourth-order valence-corrected chi connectivity index (χ4v) is 3.82. The van der Waals surface area contributed by atoms with E-state index in [1.165, 1.54) is 11.8 Å². The Kier molecular flexibility index (Phi) is 3.69. The molecule has 0 aliphatic carbocycles. The van der Waals surface area contributed by atoms with E-state index in [1.807, 2.05) is 67.5 Å². The minimum absolute atomic E-state index is 0.170. The van der Waals surface area contributed by atoms with Crippen molar-refractivity contribution in [3.63, 3.8) is 0 Å². The van der Waals surface area contributed by atoms with Crippen LogP contribution >= 0.6 is 11.8 Å². The minimum atomic E-state index is -0.367. The van der Waals surface area contributed by atoms with Gasteiger partial charge < -0.3 is 4.90 Å². The highest BCUT2D eigenvalue weighted by atomic mass is 32.2. The summed E-state index contributed by atoms with van der Waals surface area (Å²) in [5.41, 5.74) is 3.16. The summed E-state index contributed by atoms with van der Waals surface area (Å²) in [5.74, 6) is -0.197. The van der Waals surface area contributed by atoms with E-state index in [0.717, 1.165) is 21.8 Å². The monoisotopic (exact) mass is 348 g/mol. The normalized spacial score (nSPS) is 17.4. The van der Waals surface area contributed by atoms with Gasteiger partial charge in [0.25, 0.3) is 5.91 Å². The fourth-order valence-electron chi connectivity index (χ4n) is 2.80. The molecule has 2 aliphatic heterocycles. The largest absolute Gasteiger partial charge is 0.378 e. The molecule has 4 rings (SSSR count). The Labute approximate surface area is 150 Å². The molecule has 2 aromatic rings. The second kappa shape index (κ2) is 5.89. The van der Waals surface area contributed by atoms with E-state index in [0.29, 0.717) is 10.7 Å². The average molecular weight is 348 g/mol. The van der Waals surface area contributed by atoms with Crippen LogP contribution in [0.4, 0.5) is 11.4 Å².